The van der Waals surface area contributed by atoms with Gasteiger partial charge in [0, 0.05) is 6.04 Å². The molecule has 0 bridgehead atoms. The molecule has 0 aliphatic carbocycles. The highest BCUT2D eigenvalue weighted by Crippen LogP contribution is 2.32. The van der Waals surface area contributed by atoms with Gasteiger partial charge in [-0.1, -0.05) is 66.7 Å². The number of fused-ring (bicyclic) bond motifs is 1. The molecule has 0 saturated heterocycles. The van der Waals surface area contributed by atoms with Crippen LogP contribution >= 0.6 is 0 Å². The zero-order valence-electron chi connectivity index (χ0n) is 17.9. The fraction of sp³-hybridized carbons (Fsp3) is 0.269. The fourth-order valence-electron chi connectivity index (χ4n) is 3.79. The second-order valence-corrected chi connectivity index (χ2v) is 7.78. The highest BCUT2D eigenvalue weighted by atomic mass is 16.6. The molecule has 0 aromatic heterocycles. The number of benzene rings is 3. The van der Waals surface area contributed by atoms with Gasteiger partial charge in [-0.15, -0.1) is 0 Å². The van der Waals surface area contributed by atoms with E-state index in [1.54, 1.807) is 0 Å². The molecule has 1 heterocycles. The average Bonchev–Trinajstić information content (AvgIpc) is 2.83. The molecule has 31 heavy (non-hydrogen) atoms. The third kappa shape index (κ3) is 5.06. The Morgan fingerprint density at radius 2 is 1.35 bits per heavy atom. The first-order valence-corrected chi connectivity index (χ1v) is 10.7. The lowest BCUT2D eigenvalue weighted by molar-refractivity contribution is -0.123. The molecule has 1 amide bonds. The van der Waals surface area contributed by atoms with Gasteiger partial charge in [0.15, 0.2) is 11.5 Å². The number of nitrogens with one attached hydrogen (secondary N) is 2. The molecular weight excluding hydrogens is 388 g/mol. The van der Waals surface area contributed by atoms with Crippen molar-refractivity contribution in [1.82, 2.24) is 10.6 Å². The summed E-state index contributed by atoms with van der Waals surface area (Å²) in [7, 11) is 0. The Labute approximate surface area is 183 Å². The minimum Gasteiger partial charge on any atom is -0.486 e. The second kappa shape index (κ2) is 9.67. The molecule has 3 aromatic rings. The lowest BCUT2D eigenvalue weighted by Crippen LogP contribution is -2.44. The van der Waals surface area contributed by atoms with Gasteiger partial charge >= 0.3 is 0 Å². The monoisotopic (exact) mass is 416 g/mol. The van der Waals surface area contributed by atoms with Gasteiger partial charge in [-0.25, -0.2) is 0 Å². The third-order valence-corrected chi connectivity index (χ3v) is 5.51. The Morgan fingerprint density at radius 3 is 1.97 bits per heavy atom. The van der Waals surface area contributed by atoms with Crippen LogP contribution in [0.15, 0.2) is 78.9 Å². The molecule has 5 heteroatoms. The van der Waals surface area contributed by atoms with E-state index in [2.05, 4.69) is 10.6 Å². The minimum absolute atomic E-state index is 0.0246. The van der Waals surface area contributed by atoms with Crippen molar-refractivity contribution < 1.29 is 14.3 Å². The van der Waals surface area contributed by atoms with Crippen LogP contribution in [-0.4, -0.2) is 25.2 Å². The van der Waals surface area contributed by atoms with E-state index in [9.17, 15) is 4.79 Å². The number of amides is 1. The largest absolute Gasteiger partial charge is 0.486 e. The Kier molecular flexibility index (Phi) is 6.53. The van der Waals surface area contributed by atoms with Crippen molar-refractivity contribution >= 4 is 5.91 Å². The lowest BCUT2D eigenvalue weighted by Gasteiger charge is -2.25. The first kappa shape index (κ1) is 20.9. The molecule has 0 spiro atoms. The van der Waals surface area contributed by atoms with Crippen LogP contribution in [0, 0.1) is 0 Å². The summed E-state index contributed by atoms with van der Waals surface area (Å²) < 4.78 is 11.3. The lowest BCUT2D eigenvalue weighted by atomic mass is 9.98. The SMILES string of the molecule is CC(NC(C)c1ccc2c(c1)OCCO2)C(=O)NC(c1ccccc1)c1ccccc1. The van der Waals surface area contributed by atoms with E-state index in [0.717, 1.165) is 28.2 Å². The molecule has 160 valence electrons. The number of hydrogen-bond acceptors (Lipinski definition) is 4. The van der Waals surface area contributed by atoms with Gasteiger partial charge in [-0.3, -0.25) is 10.1 Å². The molecule has 0 fully saturated rings. The topological polar surface area (TPSA) is 59.6 Å². The normalized spacial score (nSPS) is 14.7. The average molecular weight is 417 g/mol. The summed E-state index contributed by atoms with van der Waals surface area (Å²) in [6, 6.07) is 25.4. The first-order chi connectivity index (χ1) is 15.1. The van der Waals surface area contributed by atoms with Crippen LogP contribution in [-0.2, 0) is 4.79 Å². The molecule has 0 radical (unpaired) electrons. The summed E-state index contributed by atoms with van der Waals surface area (Å²) in [5.74, 6) is 1.46. The van der Waals surface area contributed by atoms with E-state index in [4.69, 9.17) is 9.47 Å². The highest BCUT2D eigenvalue weighted by Gasteiger charge is 2.22. The predicted molar refractivity (Wildman–Crippen MR) is 121 cm³/mol. The van der Waals surface area contributed by atoms with Crippen molar-refractivity contribution in [3.63, 3.8) is 0 Å². The maximum Gasteiger partial charge on any atom is 0.237 e. The van der Waals surface area contributed by atoms with Crippen LogP contribution < -0.4 is 20.1 Å². The van der Waals surface area contributed by atoms with E-state index < -0.39 is 0 Å². The van der Waals surface area contributed by atoms with E-state index in [-0.39, 0.29) is 24.0 Å². The quantitative estimate of drug-likeness (QED) is 0.599. The molecule has 2 N–H and O–H groups in total. The van der Waals surface area contributed by atoms with Crippen molar-refractivity contribution in [2.45, 2.75) is 32.0 Å². The Morgan fingerprint density at radius 1 is 0.774 bits per heavy atom. The van der Waals surface area contributed by atoms with Crippen LogP contribution in [0.5, 0.6) is 11.5 Å². The van der Waals surface area contributed by atoms with E-state index in [1.165, 1.54) is 0 Å². The van der Waals surface area contributed by atoms with Crippen molar-refractivity contribution in [1.29, 1.82) is 0 Å². The van der Waals surface area contributed by atoms with Crippen molar-refractivity contribution in [3.05, 3.63) is 95.6 Å². The number of hydrogen-bond donors (Lipinski definition) is 2. The molecule has 2 unspecified atom stereocenters. The van der Waals surface area contributed by atoms with Crippen molar-refractivity contribution in [3.8, 4) is 11.5 Å². The third-order valence-electron chi connectivity index (χ3n) is 5.51. The van der Waals surface area contributed by atoms with Gasteiger partial charge in [0.1, 0.15) is 13.2 Å². The summed E-state index contributed by atoms with van der Waals surface area (Å²) in [6.07, 6.45) is 0. The Hall–Kier alpha value is -3.31. The van der Waals surface area contributed by atoms with Gasteiger partial charge in [0.25, 0.3) is 0 Å². The molecule has 4 rings (SSSR count). The van der Waals surface area contributed by atoms with Crippen LogP contribution in [0.2, 0.25) is 0 Å². The number of carbonyl (C=O) groups excluding carboxylic acids is 1. The molecule has 1 aliphatic rings. The first-order valence-electron chi connectivity index (χ1n) is 10.7. The maximum absolute atomic E-state index is 13.1. The van der Waals surface area contributed by atoms with Crippen LogP contribution in [0.3, 0.4) is 0 Å². The molecular formula is C26H28N2O3. The molecule has 3 aromatic carbocycles. The zero-order chi connectivity index (χ0) is 21.6. The summed E-state index contributed by atoms with van der Waals surface area (Å²) in [5, 5.41) is 6.61. The Bertz CT molecular complexity index is 968. The van der Waals surface area contributed by atoms with E-state index in [0.29, 0.717) is 13.2 Å². The zero-order valence-corrected chi connectivity index (χ0v) is 17.9. The summed E-state index contributed by atoms with van der Waals surface area (Å²) in [6.45, 7) is 5.05. The predicted octanol–water partition coefficient (Wildman–Crippen LogP) is 4.40. The van der Waals surface area contributed by atoms with Gasteiger partial charge in [0.05, 0.1) is 12.1 Å². The molecule has 0 saturated carbocycles. The van der Waals surface area contributed by atoms with Crippen molar-refractivity contribution in [2.24, 2.45) is 0 Å². The van der Waals surface area contributed by atoms with Gasteiger partial charge in [-0.2, -0.15) is 0 Å². The Balaban J connectivity index is 1.45. The summed E-state index contributed by atoms with van der Waals surface area (Å²) in [4.78, 5) is 13.1. The van der Waals surface area contributed by atoms with Gasteiger partial charge in [-0.05, 0) is 42.7 Å². The maximum atomic E-state index is 13.1. The smallest absolute Gasteiger partial charge is 0.237 e. The van der Waals surface area contributed by atoms with Crippen LogP contribution in [0.25, 0.3) is 0 Å². The fourth-order valence-corrected chi connectivity index (χ4v) is 3.79. The summed E-state index contributed by atoms with van der Waals surface area (Å²) in [5.41, 5.74) is 3.15. The number of rotatable bonds is 7. The molecule has 1 aliphatic heterocycles. The van der Waals surface area contributed by atoms with Gasteiger partial charge < -0.3 is 14.8 Å². The van der Waals surface area contributed by atoms with Gasteiger partial charge in [0.2, 0.25) is 5.91 Å². The number of carbonyl (C=O) groups is 1. The second-order valence-electron chi connectivity index (χ2n) is 7.78. The summed E-state index contributed by atoms with van der Waals surface area (Å²) >= 11 is 0. The van der Waals surface area contributed by atoms with E-state index in [1.807, 2.05) is 92.7 Å². The van der Waals surface area contributed by atoms with Crippen LogP contribution in [0.4, 0.5) is 0 Å². The minimum atomic E-state index is -0.377. The molecule has 2 atom stereocenters. The molecule has 5 nitrogen and oxygen atoms in total. The van der Waals surface area contributed by atoms with Crippen molar-refractivity contribution in [2.75, 3.05) is 13.2 Å². The van der Waals surface area contributed by atoms with E-state index >= 15 is 0 Å². The highest BCUT2D eigenvalue weighted by molar-refractivity contribution is 5.82. The number of ether oxygens (including phenoxy) is 2. The van der Waals surface area contributed by atoms with Crippen LogP contribution in [0.1, 0.15) is 42.6 Å². The standard InChI is InChI=1S/C26H28N2O3/c1-18(22-13-14-23-24(17-22)31-16-15-30-23)27-19(2)26(29)28-25(20-9-5-3-6-10-20)21-11-7-4-8-12-21/h3-14,17-19,25,27H,15-16H2,1-2H3,(H,28,29).